The van der Waals surface area contributed by atoms with Crippen LogP contribution in [0, 0.1) is 22.7 Å². The lowest BCUT2D eigenvalue weighted by molar-refractivity contribution is -0.137. The van der Waals surface area contributed by atoms with Gasteiger partial charge in [0.1, 0.15) is 5.75 Å². The van der Waals surface area contributed by atoms with Crippen molar-refractivity contribution >= 4 is 5.91 Å². The van der Waals surface area contributed by atoms with Gasteiger partial charge in [0.2, 0.25) is 5.91 Å². The quantitative estimate of drug-likeness (QED) is 0.882. The van der Waals surface area contributed by atoms with E-state index in [4.69, 9.17) is 9.47 Å². The fourth-order valence-electron chi connectivity index (χ4n) is 6.26. The van der Waals surface area contributed by atoms with E-state index < -0.39 is 0 Å². The lowest BCUT2D eigenvalue weighted by Crippen LogP contribution is -2.58. The second-order valence-corrected chi connectivity index (χ2v) is 8.94. The lowest BCUT2D eigenvalue weighted by atomic mass is 9.58. The Morgan fingerprint density at radius 1 is 1.35 bits per heavy atom. The third-order valence-corrected chi connectivity index (χ3v) is 7.58. The van der Waals surface area contributed by atoms with Crippen LogP contribution in [0.15, 0.2) is 24.3 Å². The van der Waals surface area contributed by atoms with E-state index in [9.17, 15) is 4.79 Å². The van der Waals surface area contributed by atoms with Crippen molar-refractivity contribution in [3.05, 3.63) is 29.8 Å². The van der Waals surface area contributed by atoms with Gasteiger partial charge < -0.3 is 14.8 Å². The Morgan fingerprint density at radius 2 is 2.12 bits per heavy atom. The van der Waals surface area contributed by atoms with E-state index in [1.165, 1.54) is 12.8 Å². The smallest absolute Gasteiger partial charge is 0.219 e. The van der Waals surface area contributed by atoms with Crippen LogP contribution in [0.25, 0.3) is 0 Å². The SMILES string of the molecule is CCC(=O)N[C@@H]1C(C)(C)[C@@H]2C[C@@H]3[C@@H](c4ccccc4OC)OCCC31C2. The average Bonchev–Trinajstić information content (AvgIpc) is 3.14. The molecule has 142 valence electrons. The van der Waals surface area contributed by atoms with E-state index >= 15 is 0 Å². The molecule has 4 nitrogen and oxygen atoms in total. The minimum Gasteiger partial charge on any atom is -0.496 e. The summed E-state index contributed by atoms with van der Waals surface area (Å²) in [6.07, 6.45) is 4.02. The molecule has 3 fully saturated rings. The van der Waals surface area contributed by atoms with Gasteiger partial charge in [-0.25, -0.2) is 0 Å². The van der Waals surface area contributed by atoms with Crippen LogP contribution in [0.4, 0.5) is 0 Å². The standard InChI is InChI=1S/C22H31NO3/c1-5-18(24)23-20-21(2,3)14-12-16-19(26-11-10-22(16,20)13-14)15-8-6-7-9-17(15)25-4/h6-9,14,16,19-20H,5,10-13H2,1-4H3,(H,23,24)/t14-,16-,19-,20-,22?/m1/s1. The Hall–Kier alpha value is -1.55. The monoisotopic (exact) mass is 357 g/mol. The first kappa shape index (κ1) is 17.8. The third kappa shape index (κ3) is 2.41. The number of methoxy groups -OCH3 is 1. The van der Waals surface area contributed by atoms with Gasteiger partial charge in [0.05, 0.1) is 13.2 Å². The summed E-state index contributed by atoms with van der Waals surface area (Å²) in [6.45, 7) is 7.38. The van der Waals surface area contributed by atoms with Crippen molar-refractivity contribution in [2.75, 3.05) is 13.7 Å². The molecule has 1 spiro atoms. The highest BCUT2D eigenvalue weighted by atomic mass is 16.5. The second kappa shape index (κ2) is 6.26. The highest BCUT2D eigenvalue weighted by Crippen LogP contribution is 2.70. The van der Waals surface area contributed by atoms with Crippen LogP contribution in [0.5, 0.6) is 5.75 Å². The number of carbonyl (C=O) groups is 1. The molecule has 4 heteroatoms. The van der Waals surface area contributed by atoms with E-state index in [-0.39, 0.29) is 28.9 Å². The molecule has 0 radical (unpaired) electrons. The first-order chi connectivity index (χ1) is 12.4. The van der Waals surface area contributed by atoms with Crippen molar-refractivity contribution in [3.8, 4) is 5.75 Å². The van der Waals surface area contributed by atoms with Crippen LogP contribution < -0.4 is 10.1 Å². The van der Waals surface area contributed by atoms with Gasteiger partial charge in [-0.2, -0.15) is 0 Å². The van der Waals surface area contributed by atoms with Crippen LogP contribution >= 0.6 is 0 Å². The molecule has 1 aromatic carbocycles. The summed E-state index contributed by atoms with van der Waals surface area (Å²) in [5.41, 5.74) is 1.44. The van der Waals surface area contributed by atoms with Gasteiger partial charge in [0.15, 0.2) is 0 Å². The van der Waals surface area contributed by atoms with Crippen LogP contribution in [0.3, 0.4) is 0 Å². The van der Waals surface area contributed by atoms with Crippen molar-refractivity contribution in [2.24, 2.45) is 22.7 Å². The number of amides is 1. The van der Waals surface area contributed by atoms with Crippen molar-refractivity contribution in [1.29, 1.82) is 0 Å². The van der Waals surface area contributed by atoms with Gasteiger partial charge in [-0.15, -0.1) is 0 Å². The number of para-hydroxylation sites is 1. The van der Waals surface area contributed by atoms with Crippen LogP contribution in [-0.4, -0.2) is 25.7 Å². The summed E-state index contributed by atoms with van der Waals surface area (Å²) in [6, 6.07) is 8.46. The first-order valence-corrected chi connectivity index (χ1v) is 9.98. The molecule has 1 amide bonds. The molecule has 2 aliphatic carbocycles. The van der Waals surface area contributed by atoms with Gasteiger partial charge >= 0.3 is 0 Å². The van der Waals surface area contributed by atoms with Gasteiger partial charge in [-0.1, -0.05) is 39.0 Å². The molecular formula is C22H31NO3. The molecule has 1 saturated heterocycles. The summed E-state index contributed by atoms with van der Waals surface area (Å²) in [4.78, 5) is 12.3. The Kier molecular flexibility index (Phi) is 4.30. The second-order valence-electron chi connectivity index (χ2n) is 8.94. The maximum atomic E-state index is 12.3. The average molecular weight is 357 g/mol. The number of nitrogens with one attached hydrogen (secondary N) is 1. The Labute approximate surface area is 156 Å². The van der Waals surface area contributed by atoms with Gasteiger partial charge in [0, 0.05) is 24.6 Å². The van der Waals surface area contributed by atoms with Crippen LogP contribution in [0.2, 0.25) is 0 Å². The summed E-state index contributed by atoms with van der Waals surface area (Å²) in [5, 5.41) is 3.42. The van der Waals surface area contributed by atoms with Crippen LogP contribution in [-0.2, 0) is 9.53 Å². The number of carbonyl (C=O) groups excluding carboxylic acids is 1. The number of hydrogen-bond donors (Lipinski definition) is 1. The van der Waals surface area contributed by atoms with Crippen molar-refractivity contribution in [1.82, 2.24) is 5.32 Å². The fourth-order valence-corrected chi connectivity index (χ4v) is 6.26. The number of fused-ring (bicyclic) bond motifs is 1. The fraction of sp³-hybridized carbons (Fsp3) is 0.682. The van der Waals surface area contributed by atoms with Gasteiger partial charge in [-0.05, 0) is 48.0 Å². The minimum absolute atomic E-state index is 0.0574. The van der Waals surface area contributed by atoms with Crippen LogP contribution in [0.1, 0.15) is 58.1 Å². The molecule has 5 atom stereocenters. The zero-order valence-corrected chi connectivity index (χ0v) is 16.4. The summed E-state index contributed by atoms with van der Waals surface area (Å²) < 4.78 is 11.9. The topological polar surface area (TPSA) is 47.6 Å². The molecule has 1 aliphatic heterocycles. The highest BCUT2D eigenvalue weighted by molar-refractivity contribution is 5.76. The molecule has 0 aromatic heterocycles. The maximum absolute atomic E-state index is 12.3. The number of hydrogen-bond acceptors (Lipinski definition) is 3. The Balaban J connectivity index is 1.72. The molecule has 3 aliphatic rings. The predicted molar refractivity (Wildman–Crippen MR) is 101 cm³/mol. The molecule has 4 rings (SSSR count). The van der Waals surface area contributed by atoms with Gasteiger partial charge in [0.25, 0.3) is 0 Å². The first-order valence-electron chi connectivity index (χ1n) is 9.98. The molecule has 1 aromatic rings. The number of benzene rings is 1. The molecule has 1 heterocycles. The van der Waals surface area contributed by atoms with E-state index in [2.05, 4.69) is 31.3 Å². The molecule has 26 heavy (non-hydrogen) atoms. The molecule has 2 bridgehead atoms. The van der Waals surface area contributed by atoms with Crippen molar-refractivity contribution < 1.29 is 14.3 Å². The van der Waals surface area contributed by atoms with Crippen molar-refractivity contribution in [2.45, 2.75) is 58.6 Å². The molecule has 1 N–H and O–H groups in total. The van der Waals surface area contributed by atoms with E-state index in [0.29, 0.717) is 18.3 Å². The van der Waals surface area contributed by atoms with Crippen molar-refractivity contribution in [3.63, 3.8) is 0 Å². The molecule has 2 saturated carbocycles. The zero-order chi connectivity index (χ0) is 18.5. The highest BCUT2D eigenvalue weighted by Gasteiger charge is 2.68. The normalized spacial score (nSPS) is 37.2. The Bertz CT molecular complexity index is 700. The summed E-state index contributed by atoms with van der Waals surface area (Å²) in [7, 11) is 1.73. The molecular weight excluding hydrogens is 326 g/mol. The largest absolute Gasteiger partial charge is 0.496 e. The van der Waals surface area contributed by atoms with E-state index in [1.54, 1.807) is 7.11 Å². The lowest BCUT2D eigenvalue weighted by Gasteiger charge is -2.53. The number of ether oxygens (including phenoxy) is 2. The summed E-state index contributed by atoms with van der Waals surface area (Å²) >= 11 is 0. The maximum Gasteiger partial charge on any atom is 0.219 e. The molecule has 1 unspecified atom stereocenters. The van der Waals surface area contributed by atoms with E-state index in [1.807, 2.05) is 19.1 Å². The summed E-state index contributed by atoms with van der Waals surface area (Å²) in [5.74, 6) is 2.15. The Morgan fingerprint density at radius 3 is 2.85 bits per heavy atom. The third-order valence-electron chi connectivity index (χ3n) is 7.58. The minimum atomic E-state index is 0.0574. The predicted octanol–water partition coefficient (Wildman–Crippen LogP) is 4.10. The van der Waals surface area contributed by atoms with E-state index in [0.717, 1.165) is 24.3 Å². The van der Waals surface area contributed by atoms with Gasteiger partial charge in [-0.3, -0.25) is 4.79 Å². The zero-order valence-electron chi connectivity index (χ0n) is 16.4. The number of rotatable bonds is 4.